The maximum atomic E-state index is 12.0. The molecule has 3 aromatic rings. The molecule has 0 radical (unpaired) electrons. The number of benzene rings is 1. The van der Waals surface area contributed by atoms with E-state index in [0.29, 0.717) is 35.2 Å². The molecular formula is C17H15ClN4O2S. The van der Waals surface area contributed by atoms with Crippen molar-refractivity contribution in [3.05, 3.63) is 63.4 Å². The van der Waals surface area contributed by atoms with Gasteiger partial charge in [0.15, 0.2) is 5.13 Å². The first-order valence-corrected chi connectivity index (χ1v) is 8.91. The van der Waals surface area contributed by atoms with Gasteiger partial charge in [0.05, 0.1) is 5.69 Å². The van der Waals surface area contributed by atoms with Crippen LogP contribution >= 0.6 is 22.9 Å². The fourth-order valence-corrected chi connectivity index (χ4v) is 2.91. The van der Waals surface area contributed by atoms with Crippen LogP contribution in [-0.4, -0.2) is 20.7 Å². The van der Waals surface area contributed by atoms with E-state index in [-0.39, 0.29) is 11.5 Å². The monoisotopic (exact) mass is 374 g/mol. The summed E-state index contributed by atoms with van der Waals surface area (Å²) in [5.41, 5.74) is 1.36. The zero-order valence-corrected chi connectivity index (χ0v) is 14.8. The molecule has 0 fully saturated rings. The molecule has 0 aliphatic carbocycles. The number of nitrogens with one attached hydrogen (secondary N) is 1. The summed E-state index contributed by atoms with van der Waals surface area (Å²) < 4.78 is 1.38. The highest BCUT2D eigenvalue weighted by Crippen LogP contribution is 2.18. The number of rotatable bonds is 6. The van der Waals surface area contributed by atoms with E-state index in [0.717, 1.165) is 5.56 Å². The first-order valence-electron chi connectivity index (χ1n) is 7.65. The number of carbonyl (C=O) groups excluding carboxylic acids is 1. The van der Waals surface area contributed by atoms with Crippen molar-refractivity contribution in [2.75, 3.05) is 5.32 Å². The van der Waals surface area contributed by atoms with E-state index in [1.165, 1.54) is 22.1 Å². The predicted molar refractivity (Wildman–Crippen MR) is 98.9 cm³/mol. The third-order valence-corrected chi connectivity index (χ3v) is 4.40. The summed E-state index contributed by atoms with van der Waals surface area (Å²) in [5.74, 6) is -0.128. The van der Waals surface area contributed by atoms with Gasteiger partial charge in [0.2, 0.25) is 5.91 Å². The molecule has 8 heteroatoms. The molecule has 25 heavy (non-hydrogen) atoms. The minimum absolute atomic E-state index is 0.128. The normalized spacial score (nSPS) is 10.6. The summed E-state index contributed by atoms with van der Waals surface area (Å²) in [6.45, 7) is 0.367. The topological polar surface area (TPSA) is 76.9 Å². The van der Waals surface area contributed by atoms with Gasteiger partial charge >= 0.3 is 0 Å². The summed E-state index contributed by atoms with van der Waals surface area (Å²) in [4.78, 5) is 27.8. The summed E-state index contributed by atoms with van der Waals surface area (Å²) in [6.07, 6.45) is 2.43. The average molecular weight is 375 g/mol. The molecule has 0 atom stereocenters. The Morgan fingerprint density at radius 1 is 1.20 bits per heavy atom. The molecule has 0 unspecified atom stereocenters. The number of aryl methyl sites for hydroxylation is 1. The Kier molecular flexibility index (Phi) is 5.57. The van der Waals surface area contributed by atoms with Gasteiger partial charge in [0, 0.05) is 41.2 Å². The number of thiazole rings is 1. The van der Waals surface area contributed by atoms with Crippen molar-refractivity contribution in [3.63, 3.8) is 0 Å². The van der Waals surface area contributed by atoms with Gasteiger partial charge in [0.25, 0.3) is 5.56 Å². The van der Waals surface area contributed by atoms with Crippen molar-refractivity contribution >= 4 is 34.0 Å². The highest BCUT2D eigenvalue weighted by atomic mass is 35.5. The van der Waals surface area contributed by atoms with Gasteiger partial charge in [-0.15, -0.1) is 11.3 Å². The van der Waals surface area contributed by atoms with Crippen molar-refractivity contribution < 1.29 is 4.79 Å². The highest BCUT2D eigenvalue weighted by Gasteiger charge is 2.07. The maximum absolute atomic E-state index is 12.0. The number of anilines is 1. The Balaban J connectivity index is 1.62. The molecule has 1 amide bonds. The van der Waals surface area contributed by atoms with E-state index < -0.39 is 0 Å². The van der Waals surface area contributed by atoms with Crippen molar-refractivity contribution in [2.24, 2.45) is 0 Å². The molecule has 3 rings (SSSR count). The Labute approximate surface area is 153 Å². The van der Waals surface area contributed by atoms with Gasteiger partial charge < -0.3 is 5.32 Å². The summed E-state index contributed by atoms with van der Waals surface area (Å²) in [5, 5.41) is 10.1. The minimum Gasteiger partial charge on any atom is -0.302 e. The summed E-state index contributed by atoms with van der Waals surface area (Å²) >= 11 is 7.25. The lowest BCUT2D eigenvalue weighted by molar-refractivity contribution is -0.116. The SMILES string of the molecule is O=C(CCCn1nc(-c2ccc(Cl)cc2)ccc1=O)Nc1nccs1. The molecule has 6 nitrogen and oxygen atoms in total. The summed E-state index contributed by atoms with van der Waals surface area (Å²) in [6, 6.07) is 10.4. The van der Waals surface area contributed by atoms with Crippen LogP contribution in [0.2, 0.25) is 5.02 Å². The van der Waals surface area contributed by atoms with E-state index in [1.54, 1.807) is 29.8 Å². The van der Waals surface area contributed by atoms with Crippen LogP contribution in [0.4, 0.5) is 5.13 Å². The molecule has 2 heterocycles. The number of amides is 1. The largest absolute Gasteiger partial charge is 0.302 e. The van der Waals surface area contributed by atoms with Gasteiger partial charge in [-0.1, -0.05) is 23.7 Å². The first-order chi connectivity index (χ1) is 12.1. The number of hydrogen-bond acceptors (Lipinski definition) is 5. The second-order valence-electron chi connectivity index (χ2n) is 5.28. The van der Waals surface area contributed by atoms with Crippen LogP contribution < -0.4 is 10.9 Å². The van der Waals surface area contributed by atoms with Crippen molar-refractivity contribution in [3.8, 4) is 11.3 Å². The molecule has 0 saturated heterocycles. The number of halogens is 1. The van der Waals surface area contributed by atoms with E-state index in [4.69, 9.17) is 11.6 Å². The molecular weight excluding hydrogens is 360 g/mol. The molecule has 0 aliphatic rings. The molecule has 128 valence electrons. The van der Waals surface area contributed by atoms with Gasteiger partial charge in [-0.05, 0) is 24.6 Å². The van der Waals surface area contributed by atoms with Gasteiger partial charge in [-0.2, -0.15) is 5.10 Å². The first kappa shape index (κ1) is 17.3. The Bertz CT molecular complexity index is 907. The average Bonchev–Trinajstić information content (AvgIpc) is 3.10. The molecule has 0 saturated carbocycles. The fraction of sp³-hybridized carbons (Fsp3) is 0.176. The summed E-state index contributed by atoms with van der Waals surface area (Å²) in [7, 11) is 0. The number of hydrogen-bond donors (Lipinski definition) is 1. The zero-order valence-electron chi connectivity index (χ0n) is 13.2. The predicted octanol–water partition coefficient (Wildman–Crippen LogP) is 3.44. The van der Waals surface area contributed by atoms with Crippen LogP contribution in [-0.2, 0) is 11.3 Å². The number of aromatic nitrogens is 3. The second kappa shape index (κ2) is 8.04. The zero-order chi connectivity index (χ0) is 17.6. The van der Waals surface area contributed by atoms with Crippen LogP contribution in [0.15, 0.2) is 52.8 Å². The standard InChI is InChI=1S/C17H15ClN4O2S/c18-13-5-3-12(4-6-13)14-7-8-16(24)22(21-14)10-1-2-15(23)20-17-19-9-11-25-17/h3-9,11H,1-2,10H2,(H,19,20,23). The van der Waals surface area contributed by atoms with Gasteiger partial charge in [-0.3, -0.25) is 9.59 Å². The lowest BCUT2D eigenvalue weighted by atomic mass is 10.1. The molecule has 1 N–H and O–H groups in total. The molecule has 1 aromatic carbocycles. The van der Waals surface area contributed by atoms with Gasteiger partial charge in [-0.25, -0.2) is 9.67 Å². The van der Waals surface area contributed by atoms with Crippen molar-refractivity contribution in [1.29, 1.82) is 0 Å². The molecule has 0 spiro atoms. The fourth-order valence-electron chi connectivity index (χ4n) is 2.24. The van der Waals surface area contributed by atoms with Crippen molar-refractivity contribution in [2.45, 2.75) is 19.4 Å². The number of carbonyl (C=O) groups is 1. The Morgan fingerprint density at radius 2 is 2.00 bits per heavy atom. The van der Waals surface area contributed by atoms with E-state index in [9.17, 15) is 9.59 Å². The smallest absolute Gasteiger partial charge is 0.266 e. The van der Waals surface area contributed by atoms with Crippen LogP contribution in [0.3, 0.4) is 0 Å². The van der Waals surface area contributed by atoms with E-state index >= 15 is 0 Å². The quantitative estimate of drug-likeness (QED) is 0.717. The maximum Gasteiger partial charge on any atom is 0.266 e. The second-order valence-corrected chi connectivity index (χ2v) is 6.61. The lowest BCUT2D eigenvalue weighted by Crippen LogP contribution is -2.23. The third kappa shape index (κ3) is 4.74. The van der Waals surface area contributed by atoms with E-state index in [1.807, 2.05) is 12.1 Å². The lowest BCUT2D eigenvalue weighted by Gasteiger charge is -2.07. The molecule has 2 aromatic heterocycles. The number of nitrogens with zero attached hydrogens (tertiary/aromatic N) is 3. The minimum atomic E-state index is -0.196. The van der Waals surface area contributed by atoms with Gasteiger partial charge in [0.1, 0.15) is 0 Å². The highest BCUT2D eigenvalue weighted by molar-refractivity contribution is 7.13. The van der Waals surface area contributed by atoms with Crippen molar-refractivity contribution in [1.82, 2.24) is 14.8 Å². The van der Waals surface area contributed by atoms with Crippen LogP contribution in [0, 0.1) is 0 Å². The molecule has 0 bridgehead atoms. The van der Waals surface area contributed by atoms with Crippen LogP contribution in [0.25, 0.3) is 11.3 Å². The molecule has 0 aliphatic heterocycles. The van der Waals surface area contributed by atoms with Crippen LogP contribution in [0.1, 0.15) is 12.8 Å². The Hall–Kier alpha value is -2.51. The Morgan fingerprint density at radius 3 is 2.72 bits per heavy atom. The third-order valence-electron chi connectivity index (χ3n) is 3.46. The van der Waals surface area contributed by atoms with E-state index in [2.05, 4.69) is 15.4 Å². The van der Waals surface area contributed by atoms with Crippen LogP contribution in [0.5, 0.6) is 0 Å².